The average Bonchev–Trinajstić information content (AvgIpc) is 3.47. The van der Waals surface area contributed by atoms with Crippen molar-refractivity contribution < 1.29 is 9.59 Å². The standard InChI is InChI=1S/C30H33N5O2/c1-30(29(37)32-22-12-4-2-3-5-13-22)21-34-25-16-7-6-15-24(25)26(33-18-10-11-19-33)27(34)28(36)35(30)20-23-14-8-9-17-31-23/h6-11,14-19,22H,2-5,12-13,20-21H2,1H3,(H,32,37)/t30-/m0/s1. The molecule has 0 saturated heterocycles. The second-order valence-corrected chi connectivity index (χ2v) is 10.5. The Morgan fingerprint density at radius 3 is 2.46 bits per heavy atom. The molecule has 0 spiro atoms. The van der Waals surface area contributed by atoms with Gasteiger partial charge in [0.05, 0.1) is 30.0 Å². The summed E-state index contributed by atoms with van der Waals surface area (Å²) in [5.74, 6) is -0.245. The monoisotopic (exact) mass is 495 g/mol. The third-order valence-electron chi connectivity index (χ3n) is 8.04. The van der Waals surface area contributed by atoms with Crippen molar-refractivity contribution in [2.24, 2.45) is 0 Å². The van der Waals surface area contributed by atoms with Crippen LogP contribution in [0.2, 0.25) is 0 Å². The van der Waals surface area contributed by atoms with Crippen LogP contribution in [0.4, 0.5) is 0 Å². The number of rotatable bonds is 5. The number of hydrogen-bond donors (Lipinski definition) is 1. The van der Waals surface area contributed by atoms with Gasteiger partial charge in [0.15, 0.2) is 0 Å². The summed E-state index contributed by atoms with van der Waals surface area (Å²) in [6.45, 7) is 2.55. The summed E-state index contributed by atoms with van der Waals surface area (Å²) in [5.41, 5.74) is 2.11. The van der Waals surface area contributed by atoms with Gasteiger partial charge in [0.25, 0.3) is 5.91 Å². The Bertz CT molecular complexity index is 1420. The number of carbonyl (C=O) groups is 2. The highest BCUT2D eigenvalue weighted by Crippen LogP contribution is 2.38. The van der Waals surface area contributed by atoms with Crippen LogP contribution in [0.15, 0.2) is 73.2 Å². The number of benzene rings is 1. The quantitative estimate of drug-likeness (QED) is 0.393. The fourth-order valence-corrected chi connectivity index (χ4v) is 6.02. The molecule has 1 atom stereocenters. The first-order valence-corrected chi connectivity index (χ1v) is 13.3. The number of para-hydroxylation sites is 1. The normalized spacial score (nSPS) is 20.6. The van der Waals surface area contributed by atoms with E-state index in [0.717, 1.165) is 48.0 Å². The lowest BCUT2D eigenvalue weighted by molar-refractivity contribution is -0.134. The zero-order valence-corrected chi connectivity index (χ0v) is 21.3. The van der Waals surface area contributed by atoms with E-state index in [0.29, 0.717) is 12.2 Å². The number of fused-ring (bicyclic) bond motifs is 3. The molecule has 0 radical (unpaired) electrons. The predicted molar refractivity (Wildman–Crippen MR) is 143 cm³/mol. The molecular weight excluding hydrogens is 462 g/mol. The van der Waals surface area contributed by atoms with Crippen LogP contribution in [0, 0.1) is 0 Å². The van der Waals surface area contributed by atoms with Crippen molar-refractivity contribution in [2.75, 3.05) is 0 Å². The molecule has 37 heavy (non-hydrogen) atoms. The zero-order valence-electron chi connectivity index (χ0n) is 21.3. The fourth-order valence-electron chi connectivity index (χ4n) is 6.02. The van der Waals surface area contributed by atoms with Crippen LogP contribution in [0.1, 0.15) is 61.6 Å². The van der Waals surface area contributed by atoms with E-state index in [9.17, 15) is 9.59 Å². The van der Waals surface area contributed by atoms with Crippen molar-refractivity contribution in [1.82, 2.24) is 24.3 Å². The van der Waals surface area contributed by atoms with E-state index in [2.05, 4.69) is 20.9 Å². The van der Waals surface area contributed by atoms with Gasteiger partial charge in [-0.25, -0.2) is 0 Å². The molecule has 1 aliphatic carbocycles. The summed E-state index contributed by atoms with van der Waals surface area (Å²) in [5, 5.41) is 4.34. The van der Waals surface area contributed by atoms with Crippen LogP contribution < -0.4 is 5.32 Å². The number of pyridine rings is 1. The highest BCUT2D eigenvalue weighted by Gasteiger charge is 2.49. The molecule has 190 valence electrons. The van der Waals surface area contributed by atoms with Gasteiger partial charge in [-0.2, -0.15) is 0 Å². The predicted octanol–water partition coefficient (Wildman–Crippen LogP) is 5.08. The molecule has 6 rings (SSSR count). The van der Waals surface area contributed by atoms with Crippen molar-refractivity contribution in [3.05, 3.63) is 84.6 Å². The first-order chi connectivity index (χ1) is 18.1. The molecule has 7 heteroatoms. The largest absolute Gasteiger partial charge is 0.351 e. The van der Waals surface area contributed by atoms with Gasteiger partial charge in [-0.3, -0.25) is 14.6 Å². The van der Waals surface area contributed by atoms with E-state index in [1.165, 1.54) is 12.8 Å². The number of amides is 2. The molecule has 4 heterocycles. The van der Waals surface area contributed by atoms with E-state index in [-0.39, 0.29) is 24.4 Å². The van der Waals surface area contributed by atoms with Gasteiger partial charge in [-0.15, -0.1) is 0 Å². The van der Waals surface area contributed by atoms with Crippen LogP contribution in [-0.2, 0) is 17.9 Å². The molecule has 7 nitrogen and oxygen atoms in total. The molecule has 0 unspecified atom stereocenters. The second-order valence-electron chi connectivity index (χ2n) is 10.5. The van der Waals surface area contributed by atoms with Crippen molar-refractivity contribution in [1.29, 1.82) is 0 Å². The highest BCUT2D eigenvalue weighted by atomic mass is 16.2. The molecule has 1 N–H and O–H groups in total. The number of carbonyl (C=O) groups excluding carboxylic acids is 2. The van der Waals surface area contributed by atoms with E-state index in [1.807, 2.05) is 72.4 Å². The van der Waals surface area contributed by atoms with Crippen molar-refractivity contribution in [2.45, 2.75) is 70.1 Å². The Labute approximate surface area is 217 Å². The van der Waals surface area contributed by atoms with E-state index in [1.54, 1.807) is 11.1 Å². The SMILES string of the molecule is C[C@@]1(C(=O)NC2CCCCCC2)Cn2c(c(-n3cccc3)c3ccccc32)C(=O)N1Cc1ccccn1. The van der Waals surface area contributed by atoms with Crippen LogP contribution >= 0.6 is 0 Å². The second kappa shape index (κ2) is 9.54. The maximum atomic E-state index is 14.5. The lowest BCUT2D eigenvalue weighted by Crippen LogP contribution is -2.64. The molecule has 0 bridgehead atoms. The van der Waals surface area contributed by atoms with Crippen molar-refractivity contribution >= 4 is 22.7 Å². The van der Waals surface area contributed by atoms with Crippen LogP contribution in [0.25, 0.3) is 16.6 Å². The van der Waals surface area contributed by atoms with E-state index >= 15 is 0 Å². The van der Waals surface area contributed by atoms with Crippen molar-refractivity contribution in [3.8, 4) is 5.69 Å². The first kappa shape index (κ1) is 23.5. The minimum absolute atomic E-state index is 0.0883. The van der Waals surface area contributed by atoms with Gasteiger partial charge < -0.3 is 19.4 Å². The fraction of sp³-hybridized carbons (Fsp3) is 0.367. The Kier molecular flexibility index (Phi) is 6.07. The molecule has 1 aromatic carbocycles. The molecule has 2 aliphatic rings. The van der Waals surface area contributed by atoms with Gasteiger partial charge in [0.2, 0.25) is 5.91 Å². The summed E-state index contributed by atoms with van der Waals surface area (Å²) >= 11 is 0. The van der Waals surface area contributed by atoms with Crippen molar-refractivity contribution in [3.63, 3.8) is 0 Å². The number of nitrogens with zero attached hydrogens (tertiary/aromatic N) is 4. The topological polar surface area (TPSA) is 72.2 Å². The zero-order chi connectivity index (χ0) is 25.4. The van der Waals surface area contributed by atoms with Gasteiger partial charge in [-0.05, 0) is 50.1 Å². The summed E-state index contributed by atoms with van der Waals surface area (Å²) in [4.78, 5) is 34.8. The lowest BCUT2D eigenvalue weighted by Gasteiger charge is -2.44. The number of nitrogens with one attached hydrogen (secondary N) is 1. The van der Waals surface area contributed by atoms with Gasteiger partial charge >= 0.3 is 0 Å². The minimum Gasteiger partial charge on any atom is -0.351 e. The highest BCUT2D eigenvalue weighted by molar-refractivity contribution is 6.08. The molecule has 1 fully saturated rings. The molecule has 1 aliphatic heterocycles. The number of hydrogen-bond acceptors (Lipinski definition) is 3. The third-order valence-corrected chi connectivity index (χ3v) is 8.04. The maximum absolute atomic E-state index is 14.5. The van der Waals surface area contributed by atoms with Gasteiger partial charge in [0, 0.05) is 30.0 Å². The summed E-state index contributed by atoms with van der Waals surface area (Å²) < 4.78 is 4.05. The van der Waals surface area contributed by atoms with Gasteiger partial charge in [-0.1, -0.05) is 49.9 Å². The number of aromatic nitrogens is 3. The Morgan fingerprint density at radius 1 is 1.00 bits per heavy atom. The summed E-state index contributed by atoms with van der Waals surface area (Å²) in [7, 11) is 0. The third kappa shape index (κ3) is 4.12. The lowest BCUT2D eigenvalue weighted by atomic mass is 9.93. The van der Waals surface area contributed by atoms with Crippen LogP contribution in [0.5, 0.6) is 0 Å². The molecule has 1 saturated carbocycles. The Hall–Kier alpha value is -3.87. The molecule has 2 amide bonds. The summed E-state index contributed by atoms with van der Waals surface area (Å²) in [6, 6.07) is 17.8. The maximum Gasteiger partial charge on any atom is 0.274 e. The molecular formula is C30H33N5O2. The first-order valence-electron chi connectivity index (χ1n) is 13.3. The van der Waals surface area contributed by atoms with E-state index in [4.69, 9.17) is 0 Å². The van der Waals surface area contributed by atoms with Crippen LogP contribution in [-0.4, -0.2) is 42.4 Å². The Balaban J connectivity index is 1.48. The summed E-state index contributed by atoms with van der Waals surface area (Å²) in [6.07, 6.45) is 12.3. The minimum atomic E-state index is -1.07. The average molecular weight is 496 g/mol. The smallest absolute Gasteiger partial charge is 0.274 e. The Morgan fingerprint density at radius 2 is 1.73 bits per heavy atom. The molecule has 3 aromatic heterocycles. The van der Waals surface area contributed by atoms with Gasteiger partial charge in [0.1, 0.15) is 11.2 Å². The van der Waals surface area contributed by atoms with E-state index < -0.39 is 5.54 Å². The van der Waals surface area contributed by atoms with Crippen LogP contribution in [0.3, 0.4) is 0 Å². The molecule has 4 aromatic rings.